The Labute approximate surface area is 147 Å². The summed E-state index contributed by atoms with van der Waals surface area (Å²) < 4.78 is 7.45. The van der Waals surface area contributed by atoms with Gasteiger partial charge in [0, 0.05) is 13.0 Å². The van der Waals surface area contributed by atoms with Crippen molar-refractivity contribution < 1.29 is 9.53 Å². The molecular weight excluding hydrogens is 314 g/mol. The highest BCUT2D eigenvalue weighted by Gasteiger charge is 2.12. The second kappa shape index (κ2) is 7.83. The van der Waals surface area contributed by atoms with Crippen molar-refractivity contribution in [2.45, 2.75) is 33.2 Å². The van der Waals surface area contributed by atoms with Crippen LogP contribution in [0.3, 0.4) is 0 Å². The lowest BCUT2D eigenvalue weighted by atomic mass is 10.1. The molecule has 1 N–H and O–H groups in total. The summed E-state index contributed by atoms with van der Waals surface area (Å²) in [5.41, 5.74) is 3.04. The van der Waals surface area contributed by atoms with Gasteiger partial charge in [-0.15, -0.1) is 0 Å². The van der Waals surface area contributed by atoms with Gasteiger partial charge in [0.25, 0.3) is 0 Å². The van der Waals surface area contributed by atoms with Gasteiger partial charge in [0.2, 0.25) is 11.9 Å². The van der Waals surface area contributed by atoms with Crippen molar-refractivity contribution in [3.05, 3.63) is 54.1 Å². The van der Waals surface area contributed by atoms with Crippen LogP contribution in [0.5, 0.6) is 5.75 Å². The molecule has 0 spiro atoms. The number of hydrogen-bond donors (Lipinski definition) is 1. The number of nitrogens with zero attached hydrogens (tertiary/aromatic N) is 2. The Morgan fingerprint density at radius 1 is 1.12 bits per heavy atom. The van der Waals surface area contributed by atoms with Crippen molar-refractivity contribution in [1.82, 2.24) is 9.55 Å². The summed E-state index contributed by atoms with van der Waals surface area (Å²) in [6.45, 7) is 5.42. The number of nitrogens with one attached hydrogen (secondary N) is 1. The van der Waals surface area contributed by atoms with Gasteiger partial charge < -0.3 is 9.30 Å². The second-order valence-corrected chi connectivity index (χ2v) is 5.79. The van der Waals surface area contributed by atoms with Gasteiger partial charge in [-0.3, -0.25) is 10.1 Å². The van der Waals surface area contributed by atoms with Gasteiger partial charge in [0.1, 0.15) is 5.75 Å². The van der Waals surface area contributed by atoms with E-state index in [2.05, 4.69) is 10.3 Å². The lowest BCUT2D eigenvalue weighted by Crippen LogP contribution is -2.16. The number of hydrogen-bond acceptors (Lipinski definition) is 3. The van der Waals surface area contributed by atoms with Gasteiger partial charge in [-0.05, 0) is 50.1 Å². The Hall–Kier alpha value is -2.82. The molecule has 0 bridgehead atoms. The summed E-state index contributed by atoms with van der Waals surface area (Å²) in [6.07, 6.45) is 1.10. The summed E-state index contributed by atoms with van der Waals surface area (Å²) in [5.74, 6) is 1.44. The van der Waals surface area contributed by atoms with E-state index in [0.29, 0.717) is 25.4 Å². The highest BCUT2D eigenvalue weighted by atomic mass is 16.5. The molecule has 1 aromatic heterocycles. The van der Waals surface area contributed by atoms with Crippen molar-refractivity contribution in [2.24, 2.45) is 0 Å². The predicted octanol–water partition coefficient (Wildman–Crippen LogP) is 4.03. The van der Waals surface area contributed by atoms with Crippen LogP contribution in [0.2, 0.25) is 0 Å². The molecule has 130 valence electrons. The average molecular weight is 337 g/mol. The monoisotopic (exact) mass is 337 g/mol. The Balaban J connectivity index is 1.63. The Morgan fingerprint density at radius 2 is 1.88 bits per heavy atom. The number of benzene rings is 2. The standard InChI is InChI=1S/C20H23N3O2/c1-3-23-18-8-6-5-7-17(18)21-20(23)22-19(24)14-11-15-9-12-16(13-10-15)25-4-2/h5-10,12-13H,3-4,11,14H2,1-2H3,(H,21,22,24). The van der Waals surface area contributed by atoms with Crippen LogP contribution in [-0.4, -0.2) is 22.1 Å². The quantitative estimate of drug-likeness (QED) is 0.708. The largest absolute Gasteiger partial charge is 0.494 e. The molecule has 1 heterocycles. The first-order valence-electron chi connectivity index (χ1n) is 8.68. The van der Waals surface area contributed by atoms with Gasteiger partial charge in [-0.25, -0.2) is 4.98 Å². The lowest BCUT2D eigenvalue weighted by Gasteiger charge is -2.08. The topological polar surface area (TPSA) is 56.1 Å². The maximum atomic E-state index is 12.3. The van der Waals surface area contributed by atoms with E-state index in [9.17, 15) is 4.79 Å². The highest BCUT2D eigenvalue weighted by molar-refractivity contribution is 5.91. The van der Waals surface area contributed by atoms with Crippen molar-refractivity contribution in [3.63, 3.8) is 0 Å². The summed E-state index contributed by atoms with van der Waals surface area (Å²) in [5, 5.41) is 2.94. The van der Waals surface area contributed by atoms with Crippen LogP contribution < -0.4 is 10.1 Å². The van der Waals surface area contributed by atoms with E-state index in [1.165, 1.54) is 0 Å². The van der Waals surface area contributed by atoms with Gasteiger partial charge in [0.15, 0.2) is 0 Å². The number of para-hydroxylation sites is 2. The molecule has 5 heteroatoms. The maximum Gasteiger partial charge on any atom is 0.227 e. The van der Waals surface area contributed by atoms with Crippen LogP contribution >= 0.6 is 0 Å². The number of amides is 1. The van der Waals surface area contributed by atoms with E-state index >= 15 is 0 Å². The lowest BCUT2D eigenvalue weighted by molar-refractivity contribution is -0.116. The molecule has 0 aliphatic heterocycles. The Bertz CT molecular complexity index is 853. The third-order valence-corrected chi connectivity index (χ3v) is 4.10. The smallest absolute Gasteiger partial charge is 0.227 e. The first-order valence-corrected chi connectivity index (χ1v) is 8.68. The minimum Gasteiger partial charge on any atom is -0.494 e. The van der Waals surface area contributed by atoms with Crippen LogP contribution in [0, 0.1) is 0 Å². The fraction of sp³-hybridized carbons (Fsp3) is 0.300. The number of aromatic nitrogens is 2. The normalized spacial score (nSPS) is 10.8. The summed E-state index contributed by atoms with van der Waals surface area (Å²) in [4.78, 5) is 16.8. The number of aryl methyl sites for hydroxylation is 2. The third kappa shape index (κ3) is 3.99. The predicted molar refractivity (Wildman–Crippen MR) is 100.0 cm³/mol. The van der Waals surface area contributed by atoms with E-state index < -0.39 is 0 Å². The Kier molecular flexibility index (Phi) is 5.33. The number of rotatable bonds is 7. The van der Waals surface area contributed by atoms with E-state index in [1.807, 2.05) is 66.9 Å². The van der Waals surface area contributed by atoms with Crippen LogP contribution in [0.4, 0.5) is 5.95 Å². The zero-order chi connectivity index (χ0) is 17.6. The minimum atomic E-state index is -0.0288. The molecule has 5 nitrogen and oxygen atoms in total. The first-order chi connectivity index (χ1) is 12.2. The minimum absolute atomic E-state index is 0.0288. The number of fused-ring (bicyclic) bond motifs is 1. The molecule has 0 aliphatic rings. The molecule has 3 rings (SSSR count). The maximum absolute atomic E-state index is 12.3. The van der Waals surface area contributed by atoms with Gasteiger partial charge in [-0.2, -0.15) is 0 Å². The van der Waals surface area contributed by atoms with Crippen LogP contribution in [0.25, 0.3) is 11.0 Å². The molecule has 1 amide bonds. The second-order valence-electron chi connectivity index (χ2n) is 5.79. The first kappa shape index (κ1) is 17.0. The third-order valence-electron chi connectivity index (χ3n) is 4.10. The van der Waals surface area contributed by atoms with E-state index in [4.69, 9.17) is 4.74 Å². The summed E-state index contributed by atoms with van der Waals surface area (Å²) >= 11 is 0. The summed E-state index contributed by atoms with van der Waals surface area (Å²) in [6, 6.07) is 15.8. The molecule has 0 aliphatic carbocycles. The molecule has 0 radical (unpaired) electrons. The van der Waals surface area contributed by atoms with Crippen LogP contribution in [-0.2, 0) is 17.8 Å². The molecule has 0 saturated carbocycles. The highest BCUT2D eigenvalue weighted by Crippen LogP contribution is 2.20. The molecule has 0 atom stereocenters. The molecule has 0 unspecified atom stereocenters. The molecule has 25 heavy (non-hydrogen) atoms. The number of ether oxygens (including phenoxy) is 1. The van der Waals surface area contributed by atoms with Crippen LogP contribution in [0.15, 0.2) is 48.5 Å². The number of anilines is 1. The van der Waals surface area contributed by atoms with E-state index in [0.717, 1.165) is 28.9 Å². The van der Waals surface area contributed by atoms with Crippen molar-refractivity contribution in [2.75, 3.05) is 11.9 Å². The SMILES string of the molecule is CCOc1ccc(CCC(=O)Nc2nc3ccccc3n2CC)cc1. The number of carbonyl (C=O) groups is 1. The molecule has 3 aromatic rings. The molecule has 0 fully saturated rings. The van der Waals surface area contributed by atoms with Gasteiger partial charge in [-0.1, -0.05) is 24.3 Å². The van der Waals surface area contributed by atoms with Gasteiger partial charge in [0.05, 0.1) is 17.6 Å². The van der Waals surface area contributed by atoms with Gasteiger partial charge >= 0.3 is 0 Å². The average Bonchev–Trinajstić information content (AvgIpc) is 2.98. The molecule has 0 saturated heterocycles. The fourth-order valence-electron chi connectivity index (χ4n) is 2.86. The molecule has 2 aromatic carbocycles. The summed E-state index contributed by atoms with van der Waals surface area (Å²) in [7, 11) is 0. The van der Waals surface area contributed by atoms with Crippen LogP contribution in [0.1, 0.15) is 25.8 Å². The van der Waals surface area contributed by atoms with E-state index in [-0.39, 0.29) is 5.91 Å². The Morgan fingerprint density at radius 3 is 2.60 bits per heavy atom. The van der Waals surface area contributed by atoms with Crippen molar-refractivity contribution in [3.8, 4) is 5.75 Å². The van der Waals surface area contributed by atoms with Crippen molar-refractivity contribution >= 4 is 22.9 Å². The zero-order valence-electron chi connectivity index (χ0n) is 14.7. The van der Waals surface area contributed by atoms with E-state index in [1.54, 1.807) is 0 Å². The zero-order valence-corrected chi connectivity index (χ0v) is 14.7. The molecular formula is C20H23N3O2. The fourth-order valence-corrected chi connectivity index (χ4v) is 2.86. The number of carbonyl (C=O) groups excluding carboxylic acids is 1. The van der Waals surface area contributed by atoms with Crippen molar-refractivity contribution in [1.29, 1.82) is 0 Å². The number of imidazole rings is 1.